The molecule has 0 aromatic carbocycles. The monoisotopic (exact) mass is 141 g/mol. The lowest BCUT2D eigenvalue weighted by molar-refractivity contribution is -0.120. The fraction of sp³-hybridized carbons (Fsp3) is 0. The number of ether oxygens (including phenoxy) is 1. The Hall–Kier alpha value is -1.45. The second kappa shape index (κ2) is 2.91. The molecular weight excluding hydrogens is 137 g/mol. The number of carbonyl (C=O) groups excluding carboxylic acids is 1. The van der Waals surface area contributed by atoms with Crippen molar-refractivity contribution in [2.75, 3.05) is 0 Å². The first kappa shape index (κ1) is 6.67. The van der Waals surface area contributed by atoms with Crippen molar-refractivity contribution in [1.29, 1.82) is 0 Å². The number of hydrogen-bond acceptors (Lipinski definition) is 3. The highest BCUT2D eigenvalue weighted by Gasteiger charge is 1.92. The minimum absolute atomic E-state index is 0.233. The molecule has 0 atom stereocenters. The third-order valence-electron chi connectivity index (χ3n) is 0.884. The molecule has 0 aliphatic rings. The standard InChI is InChI=1S/C6H4FNO2/c7-6-2-1-5(3-8-6)10-4-9/h1-4H. The summed E-state index contributed by atoms with van der Waals surface area (Å²) in [6, 6.07) is 2.43. The second-order valence-electron chi connectivity index (χ2n) is 1.53. The summed E-state index contributed by atoms with van der Waals surface area (Å²) < 4.78 is 16.4. The Morgan fingerprint density at radius 2 is 2.40 bits per heavy atom. The molecule has 0 spiro atoms. The summed E-state index contributed by atoms with van der Waals surface area (Å²) in [5, 5.41) is 0. The van der Waals surface area contributed by atoms with Gasteiger partial charge in [-0.15, -0.1) is 0 Å². The van der Waals surface area contributed by atoms with E-state index >= 15 is 0 Å². The van der Waals surface area contributed by atoms with Crippen LogP contribution in [0.2, 0.25) is 0 Å². The summed E-state index contributed by atoms with van der Waals surface area (Å²) in [7, 11) is 0. The van der Waals surface area contributed by atoms with Crippen molar-refractivity contribution < 1.29 is 13.9 Å². The van der Waals surface area contributed by atoms with Crippen LogP contribution in [-0.4, -0.2) is 11.5 Å². The van der Waals surface area contributed by atoms with E-state index in [1.165, 1.54) is 6.07 Å². The van der Waals surface area contributed by atoms with Crippen LogP contribution in [0.15, 0.2) is 18.3 Å². The minimum Gasteiger partial charge on any atom is -0.427 e. The quantitative estimate of drug-likeness (QED) is 0.450. The maximum atomic E-state index is 12.1. The van der Waals surface area contributed by atoms with Crippen LogP contribution in [0, 0.1) is 5.95 Å². The predicted octanol–water partition coefficient (Wildman–Crippen LogP) is 0.756. The van der Waals surface area contributed by atoms with Gasteiger partial charge in [-0.05, 0) is 12.1 Å². The lowest BCUT2D eigenvalue weighted by atomic mass is 10.5. The zero-order valence-corrected chi connectivity index (χ0v) is 4.95. The summed E-state index contributed by atoms with van der Waals surface area (Å²) in [6.45, 7) is 0.259. The van der Waals surface area contributed by atoms with Crippen LogP contribution < -0.4 is 4.74 Å². The minimum atomic E-state index is -0.599. The van der Waals surface area contributed by atoms with Gasteiger partial charge in [0, 0.05) is 0 Å². The van der Waals surface area contributed by atoms with Gasteiger partial charge in [0.1, 0.15) is 5.75 Å². The van der Waals surface area contributed by atoms with E-state index in [4.69, 9.17) is 0 Å². The predicted molar refractivity (Wildman–Crippen MR) is 30.9 cm³/mol. The van der Waals surface area contributed by atoms with E-state index in [0.717, 1.165) is 12.3 Å². The van der Waals surface area contributed by atoms with Crippen LogP contribution in [0.1, 0.15) is 0 Å². The molecule has 0 saturated heterocycles. The molecule has 0 fully saturated rings. The molecule has 1 heterocycles. The SMILES string of the molecule is O=COc1ccc(F)nc1. The van der Waals surface area contributed by atoms with Gasteiger partial charge in [-0.25, -0.2) is 4.98 Å². The number of halogens is 1. The highest BCUT2D eigenvalue weighted by Crippen LogP contribution is 2.06. The summed E-state index contributed by atoms with van der Waals surface area (Å²) in [4.78, 5) is 13.0. The molecule has 0 unspecified atom stereocenters. The molecular formula is C6H4FNO2. The fourth-order valence-electron chi connectivity index (χ4n) is 0.488. The smallest absolute Gasteiger partial charge is 0.298 e. The van der Waals surface area contributed by atoms with E-state index in [-0.39, 0.29) is 12.2 Å². The van der Waals surface area contributed by atoms with E-state index in [9.17, 15) is 9.18 Å². The van der Waals surface area contributed by atoms with E-state index < -0.39 is 5.95 Å². The molecule has 0 aliphatic heterocycles. The first-order valence-electron chi connectivity index (χ1n) is 2.55. The van der Waals surface area contributed by atoms with E-state index in [2.05, 4.69) is 9.72 Å². The number of rotatable bonds is 2. The number of carbonyl (C=O) groups is 1. The van der Waals surface area contributed by atoms with E-state index in [0.29, 0.717) is 0 Å². The number of aromatic nitrogens is 1. The van der Waals surface area contributed by atoms with Crippen LogP contribution in [0.5, 0.6) is 5.75 Å². The van der Waals surface area contributed by atoms with E-state index in [1.807, 2.05) is 0 Å². The molecule has 1 aromatic rings. The van der Waals surface area contributed by atoms with E-state index in [1.54, 1.807) is 0 Å². The highest BCUT2D eigenvalue weighted by atomic mass is 19.1. The first-order valence-corrected chi connectivity index (χ1v) is 2.55. The molecule has 1 aromatic heterocycles. The molecule has 1 rings (SSSR count). The Morgan fingerprint density at radius 3 is 2.90 bits per heavy atom. The fourth-order valence-corrected chi connectivity index (χ4v) is 0.488. The van der Waals surface area contributed by atoms with Crippen molar-refractivity contribution in [3.05, 3.63) is 24.3 Å². The van der Waals surface area contributed by atoms with Crippen molar-refractivity contribution in [1.82, 2.24) is 4.98 Å². The average molecular weight is 141 g/mol. The third-order valence-corrected chi connectivity index (χ3v) is 0.884. The molecule has 0 amide bonds. The summed E-state index contributed by atoms with van der Waals surface area (Å²) >= 11 is 0. The molecule has 52 valence electrons. The van der Waals surface area contributed by atoms with Crippen LogP contribution in [0.3, 0.4) is 0 Å². The zero-order chi connectivity index (χ0) is 7.40. The largest absolute Gasteiger partial charge is 0.427 e. The van der Waals surface area contributed by atoms with Crippen LogP contribution in [0.4, 0.5) is 4.39 Å². The van der Waals surface area contributed by atoms with Crippen molar-refractivity contribution in [2.24, 2.45) is 0 Å². The van der Waals surface area contributed by atoms with Crippen LogP contribution in [-0.2, 0) is 4.79 Å². The summed E-state index contributed by atoms with van der Waals surface area (Å²) in [5.74, 6) is -0.366. The molecule has 3 nitrogen and oxygen atoms in total. The molecule has 0 N–H and O–H groups in total. The van der Waals surface area contributed by atoms with Crippen molar-refractivity contribution >= 4 is 6.47 Å². The lowest BCUT2D eigenvalue weighted by Gasteiger charge is -1.93. The Kier molecular flexibility index (Phi) is 1.94. The molecule has 0 aliphatic carbocycles. The maximum absolute atomic E-state index is 12.1. The summed E-state index contributed by atoms with van der Waals surface area (Å²) in [6.07, 6.45) is 1.13. The van der Waals surface area contributed by atoms with Crippen molar-refractivity contribution in [3.63, 3.8) is 0 Å². The molecule has 0 saturated carbocycles. The molecule has 0 radical (unpaired) electrons. The van der Waals surface area contributed by atoms with Gasteiger partial charge in [0.25, 0.3) is 6.47 Å². The Bertz CT molecular complexity index is 222. The Morgan fingerprint density at radius 1 is 1.60 bits per heavy atom. The molecule has 4 heteroatoms. The van der Waals surface area contributed by atoms with Gasteiger partial charge in [-0.3, -0.25) is 4.79 Å². The average Bonchev–Trinajstić information content (AvgIpc) is 1.95. The molecule has 10 heavy (non-hydrogen) atoms. The highest BCUT2D eigenvalue weighted by molar-refractivity contribution is 5.43. The lowest BCUT2D eigenvalue weighted by Crippen LogP contribution is -1.89. The first-order chi connectivity index (χ1) is 4.83. The maximum Gasteiger partial charge on any atom is 0.298 e. The summed E-state index contributed by atoms with van der Waals surface area (Å²) in [5.41, 5.74) is 0. The van der Waals surface area contributed by atoms with Gasteiger partial charge in [-0.1, -0.05) is 0 Å². The topological polar surface area (TPSA) is 39.2 Å². The molecule has 0 bridgehead atoms. The number of nitrogens with zero attached hydrogens (tertiary/aromatic N) is 1. The number of pyridine rings is 1. The van der Waals surface area contributed by atoms with Crippen LogP contribution >= 0.6 is 0 Å². The van der Waals surface area contributed by atoms with Gasteiger partial charge in [0.15, 0.2) is 0 Å². The number of hydrogen-bond donors (Lipinski definition) is 0. The second-order valence-corrected chi connectivity index (χ2v) is 1.53. The Balaban J connectivity index is 2.78. The zero-order valence-electron chi connectivity index (χ0n) is 4.95. The normalized spacial score (nSPS) is 8.90. The third kappa shape index (κ3) is 1.51. The van der Waals surface area contributed by atoms with Gasteiger partial charge in [-0.2, -0.15) is 4.39 Å². The van der Waals surface area contributed by atoms with Crippen molar-refractivity contribution in [3.8, 4) is 5.75 Å². The van der Waals surface area contributed by atoms with Gasteiger partial charge in [0.2, 0.25) is 5.95 Å². The van der Waals surface area contributed by atoms with Gasteiger partial charge in [0.05, 0.1) is 6.20 Å². The van der Waals surface area contributed by atoms with Crippen LogP contribution in [0.25, 0.3) is 0 Å². The van der Waals surface area contributed by atoms with Gasteiger partial charge < -0.3 is 4.74 Å². The Labute approximate surface area is 56.5 Å². The van der Waals surface area contributed by atoms with Crippen molar-refractivity contribution in [2.45, 2.75) is 0 Å². The van der Waals surface area contributed by atoms with Gasteiger partial charge >= 0.3 is 0 Å².